The van der Waals surface area contributed by atoms with E-state index in [1.54, 1.807) is 5.01 Å². The summed E-state index contributed by atoms with van der Waals surface area (Å²) in [7, 11) is 0. The first-order valence-corrected chi connectivity index (χ1v) is 12.8. The zero-order valence-electron chi connectivity index (χ0n) is 20.9. The summed E-state index contributed by atoms with van der Waals surface area (Å²) in [5.74, 6) is 1.78. The molecule has 0 bridgehead atoms. The van der Waals surface area contributed by atoms with Gasteiger partial charge in [0.15, 0.2) is 0 Å². The Balaban J connectivity index is 1.51. The highest BCUT2D eigenvalue weighted by Crippen LogP contribution is 2.45. The van der Waals surface area contributed by atoms with Crippen LogP contribution in [-0.2, 0) is 0 Å². The molecule has 1 fully saturated rings. The molecule has 184 valence electrons. The van der Waals surface area contributed by atoms with E-state index in [4.69, 9.17) is 14.6 Å². The van der Waals surface area contributed by atoms with Crippen LogP contribution in [-0.4, -0.2) is 29.8 Å². The number of hydrogen-bond donors (Lipinski definition) is 0. The third-order valence-electron chi connectivity index (χ3n) is 6.79. The number of ether oxygens (including phenoxy) is 2. The highest BCUT2D eigenvalue weighted by Gasteiger charge is 2.43. The van der Waals surface area contributed by atoms with Crippen LogP contribution < -0.4 is 9.47 Å². The van der Waals surface area contributed by atoms with Gasteiger partial charge in [-0.1, -0.05) is 42.5 Å². The summed E-state index contributed by atoms with van der Waals surface area (Å²) in [4.78, 5) is 13.7. The first-order chi connectivity index (χ1) is 17.7. The van der Waals surface area contributed by atoms with Crippen molar-refractivity contribution < 1.29 is 14.3 Å². The first-order valence-electron chi connectivity index (χ1n) is 12.8. The van der Waals surface area contributed by atoms with Gasteiger partial charge in [-0.05, 0) is 92.3 Å². The van der Waals surface area contributed by atoms with E-state index in [1.165, 1.54) is 5.57 Å². The summed E-state index contributed by atoms with van der Waals surface area (Å²) in [6.07, 6.45) is 5.22. The number of benzene rings is 3. The molecular weight excluding hydrogens is 448 g/mol. The fraction of sp³-hybridized carbons (Fsp3) is 0.290. The number of hydrogen-bond acceptors (Lipinski definition) is 4. The van der Waals surface area contributed by atoms with E-state index in [1.807, 2.05) is 68.4 Å². The largest absolute Gasteiger partial charge is 0.494 e. The van der Waals surface area contributed by atoms with Crippen molar-refractivity contribution >= 4 is 17.7 Å². The number of amides is 1. The highest BCUT2D eigenvalue weighted by atomic mass is 16.5. The van der Waals surface area contributed by atoms with Crippen molar-refractivity contribution in [2.24, 2.45) is 11.0 Å². The maximum atomic E-state index is 13.7. The number of rotatable bonds is 7. The monoisotopic (exact) mass is 480 g/mol. The zero-order valence-corrected chi connectivity index (χ0v) is 20.9. The lowest BCUT2D eigenvalue weighted by atomic mass is 9.77. The van der Waals surface area contributed by atoms with E-state index >= 15 is 0 Å². The third kappa shape index (κ3) is 4.92. The van der Waals surface area contributed by atoms with Crippen LogP contribution in [0.25, 0.3) is 6.08 Å². The average Bonchev–Trinajstić information content (AvgIpc) is 3.31. The molecule has 0 aromatic heterocycles. The van der Waals surface area contributed by atoms with Crippen LogP contribution in [0.2, 0.25) is 0 Å². The van der Waals surface area contributed by atoms with Crippen molar-refractivity contribution in [3.8, 4) is 11.5 Å². The van der Waals surface area contributed by atoms with Crippen molar-refractivity contribution in [2.45, 2.75) is 39.2 Å². The second-order valence-electron chi connectivity index (χ2n) is 9.12. The fourth-order valence-corrected chi connectivity index (χ4v) is 5.17. The maximum absolute atomic E-state index is 13.7. The summed E-state index contributed by atoms with van der Waals surface area (Å²) in [6, 6.07) is 25.6. The minimum Gasteiger partial charge on any atom is -0.494 e. The van der Waals surface area contributed by atoms with Crippen molar-refractivity contribution in [3.63, 3.8) is 0 Å². The lowest BCUT2D eigenvalue weighted by Crippen LogP contribution is -2.31. The molecule has 2 atom stereocenters. The number of carbonyl (C=O) groups excluding carboxylic acids is 1. The highest BCUT2D eigenvalue weighted by molar-refractivity contribution is 6.09. The molecule has 2 aliphatic rings. The molecule has 1 aliphatic carbocycles. The molecule has 0 spiro atoms. The molecule has 1 aliphatic heterocycles. The van der Waals surface area contributed by atoms with Gasteiger partial charge in [0.05, 0.1) is 25.0 Å². The summed E-state index contributed by atoms with van der Waals surface area (Å²) in [5, 5.41) is 6.71. The molecule has 0 unspecified atom stereocenters. The molecule has 5 rings (SSSR count). The lowest BCUT2D eigenvalue weighted by Gasteiger charge is -2.29. The Hall–Kier alpha value is -3.86. The number of fused-ring (bicyclic) bond motifs is 1. The summed E-state index contributed by atoms with van der Waals surface area (Å²) in [6.45, 7) is 5.24. The molecular formula is C31H32N2O3. The van der Waals surface area contributed by atoms with Crippen molar-refractivity contribution in [3.05, 3.63) is 101 Å². The number of hydrazone groups is 1. The van der Waals surface area contributed by atoms with Crippen molar-refractivity contribution in [2.75, 3.05) is 13.2 Å². The van der Waals surface area contributed by atoms with E-state index in [0.717, 1.165) is 47.6 Å². The van der Waals surface area contributed by atoms with Gasteiger partial charge in [0.2, 0.25) is 0 Å². The van der Waals surface area contributed by atoms with Gasteiger partial charge in [-0.25, -0.2) is 5.01 Å². The van der Waals surface area contributed by atoms with Gasteiger partial charge >= 0.3 is 0 Å². The van der Waals surface area contributed by atoms with Crippen LogP contribution in [0.3, 0.4) is 0 Å². The average molecular weight is 481 g/mol. The SMILES string of the molecule is CCOc1ccc(/C=C2\CCC[C@@H]3C2=NN(C(=O)c2ccccc2)[C@@H]3c2ccc(OCC)cc2)cc1. The van der Waals surface area contributed by atoms with Gasteiger partial charge in [-0.2, -0.15) is 5.10 Å². The van der Waals surface area contributed by atoms with E-state index in [0.29, 0.717) is 18.8 Å². The minimum atomic E-state index is -0.146. The molecule has 1 heterocycles. The Morgan fingerprint density at radius 3 is 2.19 bits per heavy atom. The Bertz CT molecular complexity index is 1250. The van der Waals surface area contributed by atoms with Crippen molar-refractivity contribution in [1.29, 1.82) is 0 Å². The zero-order chi connectivity index (χ0) is 24.9. The number of carbonyl (C=O) groups is 1. The molecule has 0 radical (unpaired) electrons. The van der Waals surface area contributed by atoms with Crippen LogP contribution in [0.5, 0.6) is 11.5 Å². The van der Waals surface area contributed by atoms with Gasteiger partial charge in [0, 0.05) is 11.5 Å². The van der Waals surface area contributed by atoms with Crippen LogP contribution in [0.1, 0.15) is 60.6 Å². The van der Waals surface area contributed by atoms with Gasteiger partial charge in [-0.3, -0.25) is 4.79 Å². The summed E-state index contributed by atoms with van der Waals surface area (Å²) < 4.78 is 11.2. The Morgan fingerprint density at radius 1 is 0.917 bits per heavy atom. The van der Waals surface area contributed by atoms with Crippen LogP contribution >= 0.6 is 0 Å². The van der Waals surface area contributed by atoms with Gasteiger partial charge < -0.3 is 9.47 Å². The first kappa shape index (κ1) is 23.9. The molecule has 0 N–H and O–H groups in total. The lowest BCUT2D eigenvalue weighted by molar-refractivity contribution is 0.0681. The van der Waals surface area contributed by atoms with Gasteiger partial charge in [0.25, 0.3) is 5.91 Å². The topological polar surface area (TPSA) is 51.1 Å². The van der Waals surface area contributed by atoms with E-state index in [9.17, 15) is 4.79 Å². The molecule has 3 aromatic carbocycles. The minimum absolute atomic E-state index is 0.0724. The second kappa shape index (κ2) is 10.8. The molecule has 36 heavy (non-hydrogen) atoms. The standard InChI is InChI=1S/C31H32N2O3/c1-3-35-26-17-13-22(14-18-26)21-25-11-8-12-28-29(25)32-33(31(34)24-9-6-5-7-10-24)30(28)23-15-19-27(20-16-23)36-4-2/h5-7,9-10,13-21,28,30H,3-4,8,11-12H2,1-2H3/b25-21+/t28-,30-/m1/s1. The van der Waals surface area contributed by atoms with Crippen LogP contribution in [0, 0.1) is 5.92 Å². The normalized spacial score (nSPS) is 20.1. The predicted octanol–water partition coefficient (Wildman–Crippen LogP) is 6.92. The quantitative estimate of drug-likeness (QED) is 0.369. The summed E-state index contributed by atoms with van der Waals surface area (Å²) in [5.41, 5.74) is 5.07. The Morgan fingerprint density at radius 2 is 1.56 bits per heavy atom. The predicted molar refractivity (Wildman–Crippen MR) is 143 cm³/mol. The third-order valence-corrected chi connectivity index (χ3v) is 6.79. The van der Waals surface area contributed by atoms with E-state index in [2.05, 4.69) is 30.3 Å². The molecule has 0 saturated heterocycles. The molecule has 1 saturated carbocycles. The second-order valence-corrected chi connectivity index (χ2v) is 9.12. The maximum Gasteiger partial charge on any atom is 0.274 e. The molecule has 5 nitrogen and oxygen atoms in total. The number of nitrogens with zero attached hydrogens (tertiary/aromatic N) is 2. The smallest absolute Gasteiger partial charge is 0.274 e. The number of allylic oxidation sites excluding steroid dienone is 1. The summed E-state index contributed by atoms with van der Waals surface area (Å²) >= 11 is 0. The molecule has 3 aromatic rings. The Kier molecular flexibility index (Phi) is 7.17. The van der Waals surface area contributed by atoms with Gasteiger partial charge in [-0.15, -0.1) is 0 Å². The molecule has 1 amide bonds. The van der Waals surface area contributed by atoms with Gasteiger partial charge in [0.1, 0.15) is 11.5 Å². The van der Waals surface area contributed by atoms with Crippen molar-refractivity contribution in [1.82, 2.24) is 5.01 Å². The fourth-order valence-electron chi connectivity index (χ4n) is 5.17. The van der Waals surface area contributed by atoms with Crippen LogP contribution in [0.4, 0.5) is 0 Å². The molecule has 5 heteroatoms. The Labute approximate surface area is 213 Å². The van der Waals surface area contributed by atoms with E-state index < -0.39 is 0 Å². The van der Waals surface area contributed by atoms with E-state index in [-0.39, 0.29) is 17.9 Å². The van der Waals surface area contributed by atoms with Crippen LogP contribution in [0.15, 0.2) is 89.5 Å².